The molecule has 10 atom stereocenters. The molecule has 0 aliphatic carbocycles. The monoisotopic (exact) mass is 672 g/mol. The lowest BCUT2D eigenvalue weighted by Crippen LogP contribution is -2.38. The van der Waals surface area contributed by atoms with Gasteiger partial charge in [-0.3, -0.25) is 22.7 Å². The van der Waals surface area contributed by atoms with Gasteiger partial charge in [-0.05, 0) is 0 Å². The van der Waals surface area contributed by atoms with E-state index in [0.29, 0.717) is 0 Å². The lowest BCUT2D eigenvalue weighted by atomic mass is 10.1. The summed E-state index contributed by atoms with van der Waals surface area (Å²) in [6.07, 6.45) is -7.50. The predicted molar refractivity (Wildman–Crippen MR) is 145 cm³/mol. The summed E-state index contributed by atoms with van der Waals surface area (Å²) in [5.41, 5.74) is 12.5. The maximum atomic E-state index is 13.1. The summed E-state index contributed by atoms with van der Waals surface area (Å²) in [5.74, 6) is 0.119. The van der Waals surface area contributed by atoms with Gasteiger partial charge in [0, 0.05) is 0 Å². The van der Waals surface area contributed by atoms with Crippen molar-refractivity contribution in [3.8, 4) is 0 Å². The summed E-state index contributed by atoms with van der Waals surface area (Å²) in [5, 5.41) is 22.2. The van der Waals surface area contributed by atoms with Gasteiger partial charge in [0.1, 0.15) is 66.7 Å². The van der Waals surface area contributed by atoms with Gasteiger partial charge in [-0.1, -0.05) is 0 Å². The molecule has 7 rings (SSSR count). The van der Waals surface area contributed by atoms with Gasteiger partial charge in [0.25, 0.3) is 0 Å². The molecular weight excluding hydrogens is 646 g/mol. The minimum absolute atomic E-state index is 0.0542. The molecule has 22 nitrogen and oxygen atoms in total. The lowest BCUT2D eigenvalue weighted by molar-refractivity contribution is -0.0649. The van der Waals surface area contributed by atoms with E-state index in [1.165, 1.54) is 28.1 Å². The number of fused-ring (bicyclic) bond motifs is 5. The van der Waals surface area contributed by atoms with E-state index in [9.17, 15) is 29.1 Å². The lowest BCUT2D eigenvalue weighted by Gasteiger charge is -2.26. The van der Waals surface area contributed by atoms with Crippen LogP contribution < -0.4 is 11.5 Å². The van der Waals surface area contributed by atoms with Crippen molar-refractivity contribution in [3.63, 3.8) is 0 Å². The molecular formula is C21H26N10O12P2. The van der Waals surface area contributed by atoms with Crippen LogP contribution in [0.1, 0.15) is 12.5 Å². The SMILES string of the molecule is Nc1ncnc2c1ncn2[C@@H]1O[C@@H]2COP(=O)(O)CO[C@@H]3[C@H](O)[C@@H](COP(=O)(O)O[C@H]2[C@H]1O)O[C@H]3n1cnc2c(N)ncnc21. The van der Waals surface area contributed by atoms with Crippen LogP contribution in [-0.2, 0) is 36.9 Å². The molecule has 7 heterocycles. The first kappa shape index (κ1) is 30.4. The first-order valence-electron chi connectivity index (χ1n) is 13.2. The standard InChI is InChI=1S/C21H26N10O12P2/c22-16-10-18(26-3-24-16)30(5-28-10)20-13(33)14-9(42-20)2-39-44(34,35)7-38-15-12(32)8(1-40-45(36,37)43-14)41-21(15)31-6-29-11-17(23)25-4-27-19(11)31/h3-6,8-9,12-15,20-21,32-33H,1-2,7H2,(H,34,35)(H,36,37)(H2,22,24,26)(H2,23,25,27)/t8-,9-,12-,13-,14-,15-,20-,21-/m1/s1. The van der Waals surface area contributed by atoms with Crippen LogP contribution in [0, 0.1) is 0 Å². The number of ether oxygens (including phenoxy) is 3. The summed E-state index contributed by atoms with van der Waals surface area (Å²) >= 11 is 0. The molecule has 4 aromatic rings. The third kappa shape index (κ3) is 5.47. The van der Waals surface area contributed by atoms with Crippen LogP contribution in [0.3, 0.4) is 0 Å². The second kappa shape index (κ2) is 11.2. The number of hydrogen-bond donors (Lipinski definition) is 6. The van der Waals surface area contributed by atoms with E-state index >= 15 is 0 Å². The highest BCUT2D eigenvalue weighted by molar-refractivity contribution is 7.52. The van der Waals surface area contributed by atoms with E-state index in [0.717, 1.165) is 6.33 Å². The molecule has 45 heavy (non-hydrogen) atoms. The molecule has 3 aliphatic heterocycles. The highest BCUT2D eigenvalue weighted by Gasteiger charge is 2.52. The topological polar surface area (TPSA) is 310 Å². The smallest absolute Gasteiger partial charge is 0.387 e. The van der Waals surface area contributed by atoms with Crippen molar-refractivity contribution >= 4 is 49.4 Å². The van der Waals surface area contributed by atoms with Gasteiger partial charge in [0.2, 0.25) is 0 Å². The molecule has 2 unspecified atom stereocenters. The molecule has 0 radical (unpaired) electrons. The first-order chi connectivity index (χ1) is 21.4. The fraction of sp³-hybridized carbons (Fsp3) is 0.524. The quantitative estimate of drug-likeness (QED) is 0.131. The molecule has 0 spiro atoms. The number of anilines is 2. The van der Waals surface area contributed by atoms with Crippen LogP contribution in [0.4, 0.5) is 11.6 Å². The van der Waals surface area contributed by atoms with Crippen molar-refractivity contribution in [1.82, 2.24) is 39.0 Å². The van der Waals surface area contributed by atoms with Crippen molar-refractivity contribution in [2.24, 2.45) is 0 Å². The Morgan fingerprint density at radius 1 is 0.756 bits per heavy atom. The molecule has 242 valence electrons. The Labute approximate surface area is 251 Å². The van der Waals surface area contributed by atoms with Crippen molar-refractivity contribution in [2.75, 3.05) is 31.0 Å². The molecule has 0 aromatic carbocycles. The van der Waals surface area contributed by atoms with E-state index in [1.54, 1.807) is 0 Å². The largest absolute Gasteiger partial charge is 0.472 e. The molecule has 3 fully saturated rings. The zero-order chi connectivity index (χ0) is 31.7. The number of nitrogens with two attached hydrogens (primary N) is 2. The van der Waals surface area contributed by atoms with E-state index in [2.05, 4.69) is 29.9 Å². The molecule has 3 saturated heterocycles. The van der Waals surface area contributed by atoms with E-state index in [-0.39, 0.29) is 34.0 Å². The fourth-order valence-electron chi connectivity index (χ4n) is 5.35. The van der Waals surface area contributed by atoms with Crippen molar-refractivity contribution in [1.29, 1.82) is 0 Å². The molecule has 24 heteroatoms. The van der Waals surface area contributed by atoms with Gasteiger partial charge < -0.3 is 50.2 Å². The Bertz CT molecular complexity index is 1840. The minimum Gasteiger partial charge on any atom is -0.387 e. The highest BCUT2D eigenvalue weighted by atomic mass is 31.2. The average Bonchev–Trinajstić information content (AvgIpc) is 3.75. The molecule has 0 amide bonds. The van der Waals surface area contributed by atoms with Crippen molar-refractivity contribution in [2.45, 2.75) is 49.1 Å². The zero-order valence-electron chi connectivity index (χ0n) is 22.7. The van der Waals surface area contributed by atoms with Crippen LogP contribution in [0.2, 0.25) is 0 Å². The molecule has 4 aromatic heterocycles. The summed E-state index contributed by atoms with van der Waals surface area (Å²) in [7, 11) is -9.64. The number of rotatable bonds is 2. The highest BCUT2D eigenvalue weighted by Crippen LogP contribution is 2.51. The maximum Gasteiger partial charge on any atom is 0.472 e. The normalized spacial score (nSPS) is 38.0. The number of phosphoric acid groups is 1. The molecule has 0 saturated carbocycles. The zero-order valence-corrected chi connectivity index (χ0v) is 24.5. The first-order valence-corrected chi connectivity index (χ1v) is 16.4. The van der Waals surface area contributed by atoms with E-state index < -0.39 is 84.1 Å². The molecule has 2 bridgehead atoms. The molecule has 8 N–H and O–H groups in total. The number of imidazole rings is 2. The Morgan fingerprint density at radius 2 is 1.33 bits per heavy atom. The van der Waals surface area contributed by atoms with E-state index in [4.69, 9.17) is 39.2 Å². The second-order valence-corrected chi connectivity index (χ2v) is 13.5. The summed E-state index contributed by atoms with van der Waals surface area (Å²) in [6, 6.07) is 0. The fourth-order valence-corrected chi connectivity index (χ4v) is 7.12. The van der Waals surface area contributed by atoms with Crippen molar-refractivity contribution in [3.05, 3.63) is 25.3 Å². The number of aliphatic hydroxyl groups excluding tert-OH is 2. The number of aromatic nitrogens is 8. The number of phosphoric ester groups is 1. The van der Waals surface area contributed by atoms with Crippen LogP contribution in [-0.4, -0.2) is 115 Å². The number of hydrogen-bond acceptors (Lipinski definition) is 18. The Balaban J connectivity index is 1.17. The summed E-state index contributed by atoms with van der Waals surface area (Å²) in [6.45, 7) is -1.42. The van der Waals surface area contributed by atoms with Crippen LogP contribution >= 0.6 is 15.4 Å². The van der Waals surface area contributed by atoms with Gasteiger partial charge in [-0.25, -0.2) is 34.5 Å². The van der Waals surface area contributed by atoms with Gasteiger partial charge in [-0.15, -0.1) is 0 Å². The minimum atomic E-state index is -5.03. The van der Waals surface area contributed by atoms with Crippen molar-refractivity contribution < 1.29 is 56.9 Å². The third-order valence-corrected chi connectivity index (χ3v) is 9.49. The van der Waals surface area contributed by atoms with Crippen LogP contribution in [0.25, 0.3) is 22.3 Å². The maximum absolute atomic E-state index is 13.1. The van der Waals surface area contributed by atoms with Gasteiger partial charge in [-0.2, -0.15) is 0 Å². The van der Waals surface area contributed by atoms with Gasteiger partial charge in [0.15, 0.2) is 35.4 Å². The third-order valence-electron chi connectivity index (χ3n) is 7.47. The summed E-state index contributed by atoms with van der Waals surface area (Å²) in [4.78, 5) is 45.5. The average molecular weight is 672 g/mol. The predicted octanol–water partition coefficient (Wildman–Crippen LogP) is -1.59. The molecule has 3 aliphatic rings. The number of nitrogen functional groups attached to an aromatic ring is 2. The second-order valence-electron chi connectivity index (χ2n) is 10.3. The number of nitrogens with zero attached hydrogens (tertiary/aromatic N) is 8. The van der Waals surface area contributed by atoms with Gasteiger partial charge >= 0.3 is 15.4 Å². The van der Waals surface area contributed by atoms with Crippen LogP contribution in [0.15, 0.2) is 25.3 Å². The van der Waals surface area contributed by atoms with Crippen LogP contribution in [0.5, 0.6) is 0 Å². The Kier molecular flexibility index (Phi) is 7.59. The van der Waals surface area contributed by atoms with E-state index in [1.807, 2.05) is 0 Å². The summed E-state index contributed by atoms with van der Waals surface area (Å²) < 4.78 is 62.0. The number of aliphatic hydroxyl groups is 2. The van der Waals surface area contributed by atoms with Gasteiger partial charge in [0.05, 0.1) is 25.9 Å². The Morgan fingerprint density at radius 3 is 1.98 bits per heavy atom. The Hall–Kier alpha value is -3.24.